The average molecular weight is 270 g/mol. The van der Waals surface area contributed by atoms with Gasteiger partial charge in [-0.1, -0.05) is 53.8 Å². The molecule has 1 aliphatic heterocycles. The summed E-state index contributed by atoms with van der Waals surface area (Å²) in [5.41, 5.74) is -1.67. The van der Waals surface area contributed by atoms with E-state index in [-0.39, 0.29) is 16.7 Å². The van der Waals surface area contributed by atoms with Gasteiger partial charge in [0.2, 0.25) is 5.91 Å². The molecule has 1 heterocycles. The largest absolute Gasteiger partial charge is 0.328 e. The summed E-state index contributed by atoms with van der Waals surface area (Å²) in [6.45, 7) is 11.9. The van der Waals surface area contributed by atoms with E-state index in [9.17, 15) is 9.59 Å². The van der Waals surface area contributed by atoms with Crippen LogP contribution in [0.4, 0.5) is 4.79 Å². The van der Waals surface area contributed by atoms with E-state index in [1.54, 1.807) is 7.05 Å². The van der Waals surface area contributed by atoms with Crippen molar-refractivity contribution in [2.24, 2.45) is 16.2 Å². The molecule has 0 bridgehead atoms. The van der Waals surface area contributed by atoms with Gasteiger partial charge in [-0.2, -0.15) is 0 Å². The molecule has 1 aliphatic rings. The molecule has 0 radical (unpaired) electrons. The highest BCUT2D eigenvalue weighted by molar-refractivity contribution is 7.80. The molecule has 5 heteroatoms. The zero-order chi connectivity index (χ0) is 14.5. The van der Waals surface area contributed by atoms with Crippen LogP contribution in [-0.4, -0.2) is 28.9 Å². The van der Waals surface area contributed by atoms with Gasteiger partial charge in [0.05, 0.1) is 0 Å². The van der Waals surface area contributed by atoms with Crippen LogP contribution in [0.25, 0.3) is 0 Å². The maximum absolute atomic E-state index is 12.5. The third-order valence-electron chi connectivity index (χ3n) is 3.74. The Bertz CT molecular complexity index is 402. The molecule has 1 rings (SSSR count). The number of nitrogens with zero attached hydrogens (tertiary/aromatic N) is 1. The fourth-order valence-corrected chi connectivity index (χ4v) is 3.95. The predicted molar refractivity (Wildman–Crippen MR) is 75.2 cm³/mol. The van der Waals surface area contributed by atoms with Crippen molar-refractivity contribution >= 4 is 29.1 Å². The Morgan fingerprint density at radius 1 is 1.06 bits per heavy atom. The monoisotopic (exact) mass is 270 g/mol. The van der Waals surface area contributed by atoms with Crippen molar-refractivity contribution in [3.05, 3.63) is 0 Å². The number of carbonyl (C=O) groups is 2. The maximum atomic E-state index is 12.5. The highest BCUT2D eigenvalue weighted by Gasteiger charge is 2.62. The number of rotatable bonds is 0. The summed E-state index contributed by atoms with van der Waals surface area (Å²) in [7, 11) is 1.61. The number of carbonyl (C=O) groups excluding carboxylic acids is 2. The van der Waals surface area contributed by atoms with Gasteiger partial charge in [-0.15, -0.1) is 0 Å². The Morgan fingerprint density at radius 3 is 1.78 bits per heavy atom. The SMILES string of the molecule is CN1C(=O)NC(=O)C(C(C)(C)C)(C(C)(C)C)C1=S. The molecule has 0 unspecified atom stereocenters. The fraction of sp³-hybridized carbons (Fsp3) is 0.769. The molecule has 0 aromatic carbocycles. The molecular weight excluding hydrogens is 248 g/mol. The standard InChI is InChI=1S/C13H22N2O2S/c1-11(2,3)13(12(4,5)6)8(16)14-10(17)15(7)9(13)18/h1-7H3,(H,14,16,17). The number of thiocarbonyl (C=S) groups is 1. The Morgan fingerprint density at radius 2 is 1.44 bits per heavy atom. The van der Waals surface area contributed by atoms with Crippen LogP contribution >= 0.6 is 12.2 Å². The van der Waals surface area contributed by atoms with Crippen LogP contribution in [0, 0.1) is 16.2 Å². The number of hydrogen-bond acceptors (Lipinski definition) is 3. The van der Waals surface area contributed by atoms with Crippen molar-refractivity contribution in [2.45, 2.75) is 41.5 Å². The lowest BCUT2D eigenvalue weighted by molar-refractivity contribution is -0.139. The molecule has 0 saturated carbocycles. The Labute approximate surface area is 114 Å². The number of urea groups is 1. The Hall–Kier alpha value is -0.970. The van der Waals surface area contributed by atoms with Gasteiger partial charge in [-0.3, -0.25) is 15.0 Å². The number of hydrogen-bond donors (Lipinski definition) is 1. The lowest BCUT2D eigenvalue weighted by atomic mass is 9.52. The fourth-order valence-electron chi connectivity index (χ4n) is 3.16. The van der Waals surface area contributed by atoms with E-state index in [0.717, 1.165) is 0 Å². The lowest BCUT2D eigenvalue weighted by Gasteiger charge is -2.55. The van der Waals surface area contributed by atoms with Crippen molar-refractivity contribution in [1.29, 1.82) is 0 Å². The van der Waals surface area contributed by atoms with Crippen LogP contribution in [0.2, 0.25) is 0 Å². The highest BCUT2D eigenvalue weighted by Crippen LogP contribution is 2.54. The molecule has 1 N–H and O–H groups in total. The van der Waals surface area contributed by atoms with Crippen LogP contribution < -0.4 is 5.32 Å². The van der Waals surface area contributed by atoms with Gasteiger partial charge >= 0.3 is 6.03 Å². The van der Waals surface area contributed by atoms with E-state index in [0.29, 0.717) is 4.99 Å². The van der Waals surface area contributed by atoms with Crippen LogP contribution in [0.5, 0.6) is 0 Å². The van der Waals surface area contributed by atoms with Crippen LogP contribution in [0.3, 0.4) is 0 Å². The van der Waals surface area contributed by atoms with E-state index in [2.05, 4.69) is 5.32 Å². The van der Waals surface area contributed by atoms with E-state index < -0.39 is 11.4 Å². The first-order valence-corrected chi connectivity index (χ1v) is 6.42. The maximum Gasteiger partial charge on any atom is 0.328 e. The summed E-state index contributed by atoms with van der Waals surface area (Å²) in [5.74, 6) is -0.296. The van der Waals surface area contributed by atoms with Gasteiger partial charge in [-0.05, 0) is 10.8 Å². The molecule has 102 valence electrons. The molecule has 0 spiro atoms. The Balaban J connectivity index is 3.58. The first-order chi connectivity index (χ1) is 7.87. The van der Waals surface area contributed by atoms with Gasteiger partial charge in [-0.25, -0.2) is 4.79 Å². The molecule has 0 aromatic heterocycles. The second kappa shape index (κ2) is 4.02. The molecule has 4 nitrogen and oxygen atoms in total. The minimum absolute atomic E-state index is 0.296. The topological polar surface area (TPSA) is 49.4 Å². The molecule has 0 aliphatic carbocycles. The molecule has 0 atom stereocenters. The quantitative estimate of drug-likeness (QED) is 0.688. The van der Waals surface area contributed by atoms with Gasteiger partial charge in [0, 0.05) is 7.05 Å². The van der Waals surface area contributed by atoms with Gasteiger partial charge in [0.25, 0.3) is 0 Å². The van der Waals surface area contributed by atoms with Crippen LogP contribution in [0.15, 0.2) is 0 Å². The zero-order valence-electron chi connectivity index (χ0n) is 12.2. The summed E-state index contributed by atoms with van der Waals surface area (Å²) in [6, 6.07) is -0.450. The first kappa shape index (κ1) is 15.1. The van der Waals surface area contributed by atoms with E-state index in [1.165, 1.54) is 4.90 Å². The summed E-state index contributed by atoms with van der Waals surface area (Å²) in [6.07, 6.45) is 0. The Kier molecular flexibility index (Phi) is 3.37. The summed E-state index contributed by atoms with van der Waals surface area (Å²) in [5, 5.41) is 2.42. The first-order valence-electron chi connectivity index (χ1n) is 6.01. The number of imide groups is 1. The summed E-state index contributed by atoms with van der Waals surface area (Å²) in [4.78, 5) is 26.0. The number of amides is 3. The van der Waals surface area contributed by atoms with E-state index >= 15 is 0 Å². The minimum atomic E-state index is -0.891. The third-order valence-corrected chi connectivity index (χ3v) is 4.32. The normalized spacial score (nSPS) is 21.1. The molecule has 1 saturated heterocycles. The molecule has 18 heavy (non-hydrogen) atoms. The van der Waals surface area contributed by atoms with Crippen molar-refractivity contribution in [2.75, 3.05) is 7.05 Å². The van der Waals surface area contributed by atoms with Crippen molar-refractivity contribution in [3.8, 4) is 0 Å². The van der Waals surface area contributed by atoms with Crippen LogP contribution in [-0.2, 0) is 4.79 Å². The zero-order valence-corrected chi connectivity index (χ0v) is 13.0. The summed E-state index contributed by atoms with van der Waals surface area (Å²) >= 11 is 5.46. The second-order valence-electron chi connectivity index (χ2n) is 6.87. The molecule has 0 aromatic rings. The van der Waals surface area contributed by atoms with E-state index in [4.69, 9.17) is 12.2 Å². The number of nitrogens with one attached hydrogen (secondary N) is 1. The highest BCUT2D eigenvalue weighted by atomic mass is 32.1. The minimum Gasteiger partial charge on any atom is -0.290 e. The van der Waals surface area contributed by atoms with Crippen molar-refractivity contribution in [1.82, 2.24) is 10.2 Å². The predicted octanol–water partition coefficient (Wildman–Crippen LogP) is 2.57. The summed E-state index contributed by atoms with van der Waals surface area (Å²) < 4.78 is 0. The van der Waals surface area contributed by atoms with Gasteiger partial charge in [0.15, 0.2) is 0 Å². The molecule has 3 amide bonds. The van der Waals surface area contributed by atoms with Crippen molar-refractivity contribution in [3.63, 3.8) is 0 Å². The molecule has 1 fully saturated rings. The third kappa shape index (κ3) is 1.76. The van der Waals surface area contributed by atoms with Gasteiger partial charge < -0.3 is 0 Å². The van der Waals surface area contributed by atoms with E-state index in [1.807, 2.05) is 41.5 Å². The second-order valence-corrected chi connectivity index (χ2v) is 7.26. The lowest BCUT2D eigenvalue weighted by Crippen LogP contribution is -2.70. The van der Waals surface area contributed by atoms with Crippen LogP contribution in [0.1, 0.15) is 41.5 Å². The van der Waals surface area contributed by atoms with Gasteiger partial charge in [0.1, 0.15) is 10.4 Å². The average Bonchev–Trinajstić information content (AvgIpc) is 2.10. The smallest absolute Gasteiger partial charge is 0.290 e. The van der Waals surface area contributed by atoms with Crippen molar-refractivity contribution < 1.29 is 9.59 Å². The molecular formula is C13H22N2O2S.